The number of pyridine rings is 1. The Morgan fingerprint density at radius 1 is 0.970 bits per heavy atom. The van der Waals surface area contributed by atoms with Crippen LogP contribution >= 0.6 is 11.6 Å². The summed E-state index contributed by atoms with van der Waals surface area (Å²) < 4.78 is 14.7. The van der Waals surface area contributed by atoms with Crippen molar-refractivity contribution in [2.24, 2.45) is 0 Å². The first kappa shape index (κ1) is 22.5. The van der Waals surface area contributed by atoms with Crippen LogP contribution in [0.1, 0.15) is 44.6 Å². The van der Waals surface area contributed by atoms with Crippen LogP contribution in [0.3, 0.4) is 0 Å². The number of carbonyl (C=O) groups excluding carboxylic acids is 2. The van der Waals surface area contributed by atoms with E-state index >= 15 is 0 Å². The van der Waals surface area contributed by atoms with Crippen LogP contribution in [0.4, 0.5) is 4.39 Å². The molecule has 8 heteroatoms. The fourth-order valence-electron chi connectivity index (χ4n) is 3.53. The molecule has 2 N–H and O–H groups in total. The van der Waals surface area contributed by atoms with E-state index in [0.717, 1.165) is 11.1 Å². The van der Waals surface area contributed by atoms with E-state index in [2.05, 4.69) is 15.6 Å². The molecule has 2 amide bonds. The number of hydrogen-bond donors (Lipinski definition) is 2. The first-order valence-corrected chi connectivity index (χ1v) is 10.9. The molecule has 0 bridgehead atoms. The predicted octanol–water partition coefficient (Wildman–Crippen LogP) is 4.55. The zero-order valence-corrected chi connectivity index (χ0v) is 18.7. The van der Waals surface area contributed by atoms with Crippen molar-refractivity contribution in [3.8, 4) is 0 Å². The van der Waals surface area contributed by atoms with Crippen molar-refractivity contribution in [1.29, 1.82) is 0 Å². The monoisotopic (exact) mass is 464 g/mol. The molecule has 0 aliphatic heterocycles. The summed E-state index contributed by atoms with van der Waals surface area (Å²) >= 11 is 6.05. The van der Waals surface area contributed by atoms with Crippen LogP contribution in [-0.2, 0) is 19.5 Å². The predicted molar refractivity (Wildman–Crippen MR) is 125 cm³/mol. The zero-order chi connectivity index (χ0) is 23.4. The highest BCUT2D eigenvalue weighted by Gasteiger charge is 2.18. The third kappa shape index (κ3) is 5.21. The summed E-state index contributed by atoms with van der Waals surface area (Å²) in [6, 6.07) is 16.4. The second-order valence-corrected chi connectivity index (χ2v) is 7.96. The van der Waals surface area contributed by atoms with Gasteiger partial charge in [0, 0.05) is 35.9 Å². The standard InChI is InChI=1S/C25H22ClFN4O2/c1-2-21-23(31-11-10-19(26)13-22(31)30-21)25(33)29-15-17-4-3-5-18(12-17)24(32)28-14-16-6-8-20(27)9-7-16/h3-13H,2,14-15H2,1H3,(H,28,32)(H,29,33). The lowest BCUT2D eigenvalue weighted by Gasteiger charge is -2.09. The molecule has 4 aromatic rings. The Balaban J connectivity index is 1.42. The Bertz CT molecular complexity index is 1320. The van der Waals surface area contributed by atoms with Crippen LogP contribution in [0.15, 0.2) is 66.9 Å². The van der Waals surface area contributed by atoms with E-state index in [-0.39, 0.29) is 30.7 Å². The molecule has 0 saturated heterocycles. The van der Waals surface area contributed by atoms with E-state index in [1.165, 1.54) is 12.1 Å². The number of amides is 2. The topological polar surface area (TPSA) is 75.5 Å². The number of benzene rings is 2. The van der Waals surface area contributed by atoms with Gasteiger partial charge >= 0.3 is 0 Å². The summed E-state index contributed by atoms with van der Waals surface area (Å²) in [6.07, 6.45) is 2.33. The van der Waals surface area contributed by atoms with Gasteiger partial charge in [-0.1, -0.05) is 42.8 Å². The van der Waals surface area contributed by atoms with Crippen molar-refractivity contribution in [1.82, 2.24) is 20.0 Å². The second-order valence-electron chi connectivity index (χ2n) is 7.53. The van der Waals surface area contributed by atoms with Gasteiger partial charge in [0.1, 0.15) is 17.2 Å². The molecule has 4 rings (SSSR count). The lowest BCUT2D eigenvalue weighted by Crippen LogP contribution is -2.26. The molecule has 0 atom stereocenters. The van der Waals surface area contributed by atoms with Gasteiger partial charge in [0.05, 0.1) is 5.69 Å². The summed E-state index contributed by atoms with van der Waals surface area (Å²) in [7, 11) is 0. The van der Waals surface area contributed by atoms with Crippen LogP contribution < -0.4 is 10.6 Å². The molecule has 33 heavy (non-hydrogen) atoms. The molecule has 0 saturated carbocycles. The molecule has 0 aliphatic carbocycles. The number of nitrogens with one attached hydrogen (secondary N) is 2. The van der Waals surface area contributed by atoms with Crippen molar-refractivity contribution in [3.05, 3.63) is 106 Å². The maximum absolute atomic E-state index is 13.0. The molecule has 168 valence electrons. The second kappa shape index (κ2) is 9.83. The highest BCUT2D eigenvalue weighted by molar-refractivity contribution is 6.30. The van der Waals surface area contributed by atoms with Crippen LogP contribution in [0.2, 0.25) is 5.02 Å². The number of carbonyl (C=O) groups is 2. The Labute approximate surface area is 195 Å². The molecule has 2 aromatic heterocycles. The number of rotatable bonds is 7. The van der Waals surface area contributed by atoms with Crippen molar-refractivity contribution in [3.63, 3.8) is 0 Å². The van der Waals surface area contributed by atoms with E-state index in [0.29, 0.717) is 34.0 Å². The van der Waals surface area contributed by atoms with E-state index in [1.807, 2.05) is 13.0 Å². The summed E-state index contributed by atoms with van der Waals surface area (Å²) in [4.78, 5) is 30.0. The number of halogens is 2. The van der Waals surface area contributed by atoms with Crippen LogP contribution in [0.25, 0.3) is 5.65 Å². The molecule has 0 fully saturated rings. The lowest BCUT2D eigenvalue weighted by atomic mass is 10.1. The summed E-state index contributed by atoms with van der Waals surface area (Å²) in [5.41, 5.74) is 3.83. The third-order valence-corrected chi connectivity index (χ3v) is 5.45. The highest BCUT2D eigenvalue weighted by atomic mass is 35.5. The van der Waals surface area contributed by atoms with Gasteiger partial charge in [-0.15, -0.1) is 0 Å². The third-order valence-electron chi connectivity index (χ3n) is 5.22. The Morgan fingerprint density at radius 3 is 2.45 bits per heavy atom. The fraction of sp³-hybridized carbons (Fsp3) is 0.160. The average molecular weight is 465 g/mol. The van der Waals surface area contributed by atoms with Crippen molar-refractivity contribution in [2.75, 3.05) is 0 Å². The maximum Gasteiger partial charge on any atom is 0.270 e. The Kier molecular flexibility index (Phi) is 6.70. The van der Waals surface area contributed by atoms with E-state index in [9.17, 15) is 14.0 Å². The largest absolute Gasteiger partial charge is 0.348 e. The van der Waals surface area contributed by atoms with Crippen LogP contribution in [-0.4, -0.2) is 21.2 Å². The van der Waals surface area contributed by atoms with Gasteiger partial charge in [0.25, 0.3) is 11.8 Å². The Hall–Kier alpha value is -3.71. The van der Waals surface area contributed by atoms with E-state index < -0.39 is 0 Å². The van der Waals surface area contributed by atoms with Gasteiger partial charge < -0.3 is 10.6 Å². The van der Waals surface area contributed by atoms with Crippen molar-refractivity contribution < 1.29 is 14.0 Å². The normalized spacial score (nSPS) is 10.9. The van der Waals surface area contributed by atoms with Gasteiger partial charge in [-0.3, -0.25) is 14.0 Å². The lowest BCUT2D eigenvalue weighted by molar-refractivity contribution is 0.0940. The van der Waals surface area contributed by atoms with Crippen molar-refractivity contribution in [2.45, 2.75) is 26.4 Å². The molecular weight excluding hydrogens is 443 g/mol. The molecule has 6 nitrogen and oxygen atoms in total. The SMILES string of the molecule is CCc1nc2cc(Cl)ccn2c1C(=O)NCc1cccc(C(=O)NCc2ccc(F)cc2)c1. The van der Waals surface area contributed by atoms with Crippen molar-refractivity contribution >= 4 is 29.1 Å². The molecular formula is C25H22ClFN4O2. The van der Waals surface area contributed by atoms with Gasteiger partial charge in [-0.25, -0.2) is 9.37 Å². The summed E-state index contributed by atoms with van der Waals surface area (Å²) in [5.74, 6) is -0.828. The zero-order valence-electron chi connectivity index (χ0n) is 17.9. The number of aromatic nitrogens is 2. The maximum atomic E-state index is 13.0. The number of hydrogen-bond acceptors (Lipinski definition) is 3. The van der Waals surface area contributed by atoms with E-state index in [4.69, 9.17) is 11.6 Å². The number of aryl methyl sites for hydroxylation is 1. The number of fused-ring (bicyclic) bond motifs is 1. The highest BCUT2D eigenvalue weighted by Crippen LogP contribution is 2.18. The molecule has 2 heterocycles. The molecule has 0 aliphatic rings. The first-order chi connectivity index (χ1) is 15.9. The minimum absolute atomic E-state index is 0.251. The minimum Gasteiger partial charge on any atom is -0.348 e. The first-order valence-electron chi connectivity index (χ1n) is 10.5. The molecule has 0 spiro atoms. The van der Waals surface area contributed by atoms with Gasteiger partial charge in [0.15, 0.2) is 0 Å². The fourth-order valence-corrected chi connectivity index (χ4v) is 3.68. The quantitative estimate of drug-likeness (QED) is 0.421. The smallest absolute Gasteiger partial charge is 0.270 e. The number of imidazole rings is 1. The van der Waals surface area contributed by atoms with Gasteiger partial charge in [-0.05, 0) is 47.9 Å². The minimum atomic E-state index is -0.321. The van der Waals surface area contributed by atoms with E-state index in [1.54, 1.807) is 53.1 Å². The molecule has 2 aromatic carbocycles. The van der Waals surface area contributed by atoms with Crippen LogP contribution in [0.5, 0.6) is 0 Å². The summed E-state index contributed by atoms with van der Waals surface area (Å²) in [5, 5.41) is 6.28. The van der Waals surface area contributed by atoms with Gasteiger partial charge in [-0.2, -0.15) is 0 Å². The summed E-state index contributed by atoms with van der Waals surface area (Å²) in [6.45, 7) is 2.48. The molecule has 0 radical (unpaired) electrons. The molecule has 0 unspecified atom stereocenters. The number of nitrogens with zero attached hydrogens (tertiary/aromatic N) is 2. The van der Waals surface area contributed by atoms with Gasteiger partial charge in [0.2, 0.25) is 0 Å². The Morgan fingerprint density at radius 2 is 1.70 bits per heavy atom. The average Bonchev–Trinajstić information content (AvgIpc) is 3.20. The van der Waals surface area contributed by atoms with Crippen LogP contribution in [0, 0.1) is 5.82 Å².